The molecule has 10 heteroatoms. The molecule has 1 aliphatic rings. The summed E-state index contributed by atoms with van der Waals surface area (Å²) in [6.45, 7) is 0.217. The standard InChI is InChI=1S/C29H23NO7S2/c1-35-25-15-14-20(18-26(25)37-39(33,34)22-10-3-2-4-11-22)19-27-28(31)30(29(32)38-27)16-17-36-24-13-7-9-21-8-5-6-12-23(21)24/h2-15,18-19H,16-17H2,1H3/b27-19-. The number of rotatable bonds is 9. The zero-order valence-corrected chi connectivity index (χ0v) is 22.4. The van der Waals surface area contributed by atoms with Crippen LogP contribution in [0.1, 0.15) is 5.56 Å². The average Bonchev–Trinajstić information content (AvgIpc) is 3.21. The second kappa shape index (κ2) is 11.2. The minimum absolute atomic E-state index is 0.00991. The molecule has 0 aromatic heterocycles. The van der Waals surface area contributed by atoms with Crippen LogP contribution in [0.25, 0.3) is 16.8 Å². The van der Waals surface area contributed by atoms with E-state index in [4.69, 9.17) is 13.7 Å². The second-order valence-electron chi connectivity index (χ2n) is 8.42. The van der Waals surface area contributed by atoms with Gasteiger partial charge in [0.1, 0.15) is 17.3 Å². The number of nitrogens with zero attached hydrogens (tertiary/aromatic N) is 1. The Kier molecular flexibility index (Phi) is 7.58. The molecule has 0 radical (unpaired) electrons. The molecular weight excluding hydrogens is 538 g/mol. The van der Waals surface area contributed by atoms with E-state index in [1.54, 1.807) is 24.3 Å². The molecule has 4 aromatic carbocycles. The van der Waals surface area contributed by atoms with Crippen molar-refractivity contribution in [3.8, 4) is 17.2 Å². The molecule has 1 fully saturated rings. The molecule has 4 aromatic rings. The van der Waals surface area contributed by atoms with E-state index < -0.39 is 21.3 Å². The van der Waals surface area contributed by atoms with Gasteiger partial charge in [-0.05, 0) is 59.1 Å². The maximum absolute atomic E-state index is 13.0. The van der Waals surface area contributed by atoms with E-state index in [1.807, 2.05) is 42.5 Å². The van der Waals surface area contributed by atoms with Gasteiger partial charge in [-0.3, -0.25) is 14.5 Å². The first-order valence-corrected chi connectivity index (χ1v) is 14.1. The zero-order valence-electron chi connectivity index (χ0n) is 20.8. The Labute approximate surface area is 229 Å². The first-order chi connectivity index (χ1) is 18.9. The van der Waals surface area contributed by atoms with Crippen LogP contribution in [0.3, 0.4) is 0 Å². The molecule has 5 rings (SSSR count). The Bertz CT molecular complexity index is 1680. The minimum atomic E-state index is -4.11. The van der Waals surface area contributed by atoms with Gasteiger partial charge >= 0.3 is 10.1 Å². The number of thioether (sulfide) groups is 1. The number of methoxy groups -OCH3 is 1. The fraction of sp³-hybridized carbons (Fsp3) is 0.103. The average molecular weight is 562 g/mol. The summed E-state index contributed by atoms with van der Waals surface area (Å²) in [7, 11) is -2.72. The van der Waals surface area contributed by atoms with Crippen LogP contribution in [0.5, 0.6) is 17.2 Å². The van der Waals surface area contributed by atoms with E-state index >= 15 is 0 Å². The molecule has 1 heterocycles. The Morgan fingerprint density at radius 1 is 0.846 bits per heavy atom. The number of fused-ring (bicyclic) bond motifs is 1. The van der Waals surface area contributed by atoms with Crippen molar-refractivity contribution in [2.24, 2.45) is 0 Å². The molecular formula is C29H23NO7S2. The lowest BCUT2D eigenvalue weighted by molar-refractivity contribution is -0.123. The molecule has 0 N–H and O–H groups in total. The van der Waals surface area contributed by atoms with Crippen LogP contribution in [0, 0.1) is 0 Å². The van der Waals surface area contributed by atoms with Crippen LogP contribution < -0.4 is 13.7 Å². The molecule has 0 atom stereocenters. The van der Waals surface area contributed by atoms with E-state index in [9.17, 15) is 18.0 Å². The van der Waals surface area contributed by atoms with E-state index in [0.717, 1.165) is 27.4 Å². The SMILES string of the molecule is COc1ccc(/C=C2\SC(=O)N(CCOc3cccc4ccccc34)C2=O)cc1OS(=O)(=O)c1ccccc1. The van der Waals surface area contributed by atoms with Crippen LogP contribution in [0.15, 0.2) is 101 Å². The molecule has 2 amide bonds. The first kappa shape index (κ1) is 26.3. The zero-order chi connectivity index (χ0) is 27.4. The van der Waals surface area contributed by atoms with E-state index in [0.29, 0.717) is 11.3 Å². The van der Waals surface area contributed by atoms with Crippen molar-refractivity contribution >= 4 is 49.9 Å². The van der Waals surface area contributed by atoms with Crippen molar-refractivity contribution in [3.05, 3.63) is 101 Å². The maximum Gasteiger partial charge on any atom is 0.339 e. The molecule has 39 heavy (non-hydrogen) atoms. The second-order valence-corrected chi connectivity index (χ2v) is 11.0. The quantitative estimate of drug-likeness (QED) is 0.189. The highest BCUT2D eigenvalue weighted by Crippen LogP contribution is 2.35. The molecule has 0 saturated carbocycles. The summed E-state index contributed by atoms with van der Waals surface area (Å²) in [6, 6.07) is 25.8. The first-order valence-electron chi connectivity index (χ1n) is 11.9. The molecule has 0 unspecified atom stereocenters. The number of amides is 2. The van der Waals surface area contributed by atoms with Crippen molar-refractivity contribution in [1.29, 1.82) is 0 Å². The third-order valence-corrected chi connectivity index (χ3v) is 8.07. The number of carbonyl (C=O) groups excluding carboxylic acids is 2. The monoisotopic (exact) mass is 561 g/mol. The van der Waals surface area contributed by atoms with Gasteiger partial charge in [0.15, 0.2) is 11.5 Å². The van der Waals surface area contributed by atoms with Crippen molar-refractivity contribution in [1.82, 2.24) is 4.90 Å². The van der Waals surface area contributed by atoms with E-state index in [-0.39, 0.29) is 34.5 Å². The van der Waals surface area contributed by atoms with Gasteiger partial charge in [-0.15, -0.1) is 0 Å². The van der Waals surface area contributed by atoms with Gasteiger partial charge in [-0.2, -0.15) is 8.42 Å². The molecule has 1 aliphatic heterocycles. The van der Waals surface area contributed by atoms with Crippen molar-refractivity contribution in [2.75, 3.05) is 20.3 Å². The van der Waals surface area contributed by atoms with Gasteiger partial charge in [-0.1, -0.05) is 60.7 Å². The lowest BCUT2D eigenvalue weighted by atomic mass is 10.1. The third kappa shape index (κ3) is 5.76. The number of ether oxygens (including phenoxy) is 2. The smallest absolute Gasteiger partial charge is 0.339 e. The fourth-order valence-electron chi connectivity index (χ4n) is 4.01. The van der Waals surface area contributed by atoms with Crippen molar-refractivity contribution in [2.45, 2.75) is 4.90 Å². The van der Waals surface area contributed by atoms with Crippen LogP contribution in [0.4, 0.5) is 4.79 Å². The minimum Gasteiger partial charge on any atom is -0.493 e. The summed E-state index contributed by atoms with van der Waals surface area (Å²) >= 11 is 0.804. The third-order valence-electron chi connectivity index (χ3n) is 5.91. The lowest BCUT2D eigenvalue weighted by Gasteiger charge is -2.14. The Hall–Kier alpha value is -4.28. The highest BCUT2D eigenvalue weighted by Gasteiger charge is 2.35. The van der Waals surface area contributed by atoms with Crippen LogP contribution in [-0.4, -0.2) is 44.7 Å². The topological polar surface area (TPSA) is 99.2 Å². The summed E-state index contributed by atoms with van der Waals surface area (Å²) in [6.07, 6.45) is 1.51. The summed E-state index contributed by atoms with van der Waals surface area (Å²) in [5, 5.41) is 1.56. The van der Waals surface area contributed by atoms with Crippen LogP contribution >= 0.6 is 11.8 Å². The van der Waals surface area contributed by atoms with Crippen molar-refractivity contribution in [3.63, 3.8) is 0 Å². The van der Waals surface area contributed by atoms with Crippen molar-refractivity contribution < 1.29 is 31.7 Å². The summed E-state index contributed by atoms with van der Waals surface area (Å²) < 4.78 is 41.9. The van der Waals surface area contributed by atoms with Gasteiger partial charge in [-0.25, -0.2) is 0 Å². The largest absolute Gasteiger partial charge is 0.493 e. The predicted molar refractivity (Wildman–Crippen MR) is 149 cm³/mol. The highest BCUT2D eigenvalue weighted by atomic mass is 32.2. The van der Waals surface area contributed by atoms with Gasteiger partial charge in [0.25, 0.3) is 11.1 Å². The normalized spacial score (nSPS) is 14.7. The molecule has 1 saturated heterocycles. The number of imide groups is 1. The van der Waals surface area contributed by atoms with E-state index in [2.05, 4.69) is 0 Å². The van der Waals surface area contributed by atoms with Gasteiger partial charge < -0.3 is 13.7 Å². The molecule has 0 aliphatic carbocycles. The Morgan fingerprint density at radius 3 is 2.38 bits per heavy atom. The number of hydrogen-bond donors (Lipinski definition) is 0. The summed E-state index contributed by atoms with van der Waals surface area (Å²) in [5.41, 5.74) is 0.464. The molecule has 8 nitrogen and oxygen atoms in total. The Morgan fingerprint density at radius 2 is 1.59 bits per heavy atom. The molecule has 0 bridgehead atoms. The molecule has 0 spiro atoms. The summed E-state index contributed by atoms with van der Waals surface area (Å²) in [5.74, 6) is 0.372. The maximum atomic E-state index is 13.0. The van der Waals surface area contributed by atoms with Crippen LogP contribution in [-0.2, 0) is 14.9 Å². The van der Waals surface area contributed by atoms with Gasteiger partial charge in [0, 0.05) is 5.39 Å². The number of benzene rings is 4. The van der Waals surface area contributed by atoms with Crippen LogP contribution in [0.2, 0.25) is 0 Å². The molecule has 198 valence electrons. The number of hydrogen-bond acceptors (Lipinski definition) is 8. The number of carbonyl (C=O) groups is 2. The summed E-state index contributed by atoms with van der Waals surface area (Å²) in [4.78, 5) is 26.9. The lowest BCUT2D eigenvalue weighted by Crippen LogP contribution is -2.32. The van der Waals surface area contributed by atoms with Gasteiger partial charge in [0.05, 0.1) is 18.6 Å². The van der Waals surface area contributed by atoms with Gasteiger partial charge in [0.2, 0.25) is 0 Å². The predicted octanol–water partition coefficient (Wildman–Crippen LogP) is 5.73. The fourth-order valence-corrected chi connectivity index (χ4v) is 5.83. The Balaban J connectivity index is 1.30. The van der Waals surface area contributed by atoms with E-state index in [1.165, 1.54) is 37.5 Å². The highest BCUT2D eigenvalue weighted by molar-refractivity contribution is 8.18.